The monoisotopic (exact) mass is 364 g/mol. The molecule has 2 aromatic rings. The minimum Gasteiger partial charge on any atom is -0.484 e. The highest BCUT2D eigenvalue weighted by atomic mass is 35.5. The van der Waals surface area contributed by atoms with Crippen molar-refractivity contribution in [3.63, 3.8) is 0 Å². The molecule has 6 heteroatoms. The molecule has 1 aromatic heterocycles. The van der Waals surface area contributed by atoms with Crippen LogP contribution in [0.3, 0.4) is 0 Å². The van der Waals surface area contributed by atoms with E-state index >= 15 is 0 Å². The number of nitrogens with zero attached hydrogens (tertiary/aromatic N) is 1. The lowest BCUT2D eigenvalue weighted by molar-refractivity contribution is -0.123. The highest BCUT2D eigenvalue weighted by Crippen LogP contribution is 2.27. The average Bonchev–Trinajstić information content (AvgIpc) is 3.29. The highest BCUT2D eigenvalue weighted by molar-refractivity contribution is 7.10. The van der Waals surface area contributed by atoms with Crippen LogP contribution in [0.15, 0.2) is 41.8 Å². The van der Waals surface area contributed by atoms with Crippen LogP contribution in [0.2, 0.25) is 5.02 Å². The topological polar surface area (TPSA) is 41.6 Å². The maximum atomic E-state index is 12.1. The summed E-state index contributed by atoms with van der Waals surface area (Å²) >= 11 is 7.58. The van der Waals surface area contributed by atoms with E-state index in [0.29, 0.717) is 17.3 Å². The van der Waals surface area contributed by atoms with Gasteiger partial charge in [0, 0.05) is 16.4 Å². The van der Waals surface area contributed by atoms with E-state index in [-0.39, 0.29) is 18.6 Å². The Kier molecular flexibility index (Phi) is 6.12. The van der Waals surface area contributed by atoms with Crippen LogP contribution in [0.25, 0.3) is 0 Å². The van der Waals surface area contributed by atoms with Crippen LogP contribution in [0.5, 0.6) is 5.75 Å². The molecule has 4 nitrogen and oxygen atoms in total. The first-order valence-corrected chi connectivity index (χ1v) is 9.40. The lowest BCUT2D eigenvalue weighted by Gasteiger charge is -2.26. The number of halogens is 1. The van der Waals surface area contributed by atoms with Gasteiger partial charge in [-0.15, -0.1) is 11.3 Å². The molecule has 0 radical (unpaired) electrons. The highest BCUT2D eigenvalue weighted by Gasteiger charge is 2.24. The molecule has 0 bridgehead atoms. The average molecular weight is 365 g/mol. The normalized spacial score (nSPS) is 16.0. The fourth-order valence-electron chi connectivity index (χ4n) is 2.89. The summed E-state index contributed by atoms with van der Waals surface area (Å²) in [5.41, 5.74) is 0. The number of likely N-dealkylation sites (tertiary alicyclic amines) is 1. The number of hydrogen-bond acceptors (Lipinski definition) is 4. The largest absolute Gasteiger partial charge is 0.484 e. The first-order valence-electron chi connectivity index (χ1n) is 8.15. The molecular formula is C18H21ClN2O2S. The molecule has 1 atom stereocenters. The second-order valence-corrected chi connectivity index (χ2v) is 7.24. The van der Waals surface area contributed by atoms with Crippen LogP contribution >= 0.6 is 22.9 Å². The van der Waals surface area contributed by atoms with Gasteiger partial charge in [-0.05, 0) is 61.6 Å². The van der Waals surface area contributed by atoms with Crippen molar-refractivity contribution in [3.8, 4) is 5.75 Å². The molecule has 1 fully saturated rings. The Labute approximate surface area is 151 Å². The summed E-state index contributed by atoms with van der Waals surface area (Å²) in [5.74, 6) is 0.537. The van der Waals surface area contributed by atoms with Gasteiger partial charge in [-0.2, -0.15) is 0 Å². The molecule has 0 unspecified atom stereocenters. The van der Waals surface area contributed by atoms with Crippen molar-refractivity contribution in [2.75, 3.05) is 26.2 Å². The zero-order valence-electron chi connectivity index (χ0n) is 13.4. The summed E-state index contributed by atoms with van der Waals surface area (Å²) in [6.07, 6.45) is 2.46. The van der Waals surface area contributed by atoms with Crippen LogP contribution in [0.4, 0.5) is 0 Å². The predicted octanol–water partition coefficient (Wildman–Crippen LogP) is 3.73. The third kappa shape index (κ3) is 4.72. The van der Waals surface area contributed by atoms with E-state index in [4.69, 9.17) is 16.3 Å². The SMILES string of the molecule is O=C(COc1ccc(Cl)cc1)NC[C@@H](c1cccs1)N1CCCC1. The molecular weight excluding hydrogens is 344 g/mol. The molecule has 128 valence electrons. The number of nitrogens with one attached hydrogen (secondary N) is 1. The van der Waals surface area contributed by atoms with Gasteiger partial charge in [0.25, 0.3) is 5.91 Å². The van der Waals surface area contributed by atoms with Crippen molar-refractivity contribution in [1.82, 2.24) is 10.2 Å². The number of ether oxygens (including phenoxy) is 1. The molecule has 3 rings (SSSR count). The van der Waals surface area contributed by atoms with Crippen LogP contribution in [-0.2, 0) is 4.79 Å². The van der Waals surface area contributed by atoms with Crippen molar-refractivity contribution in [3.05, 3.63) is 51.7 Å². The van der Waals surface area contributed by atoms with E-state index in [9.17, 15) is 4.79 Å². The minimum absolute atomic E-state index is 0.0127. The van der Waals surface area contributed by atoms with E-state index in [1.54, 1.807) is 35.6 Å². The number of thiophene rings is 1. The number of amides is 1. The Balaban J connectivity index is 1.50. The lowest BCUT2D eigenvalue weighted by atomic mass is 10.2. The third-order valence-electron chi connectivity index (χ3n) is 4.13. The summed E-state index contributed by atoms with van der Waals surface area (Å²) in [5, 5.41) is 5.74. The standard InChI is InChI=1S/C18H21ClN2O2S/c19-14-5-7-15(8-6-14)23-13-18(22)20-12-16(17-4-3-11-24-17)21-9-1-2-10-21/h3-8,11,16H,1-2,9-10,12-13H2,(H,20,22)/t16-/m0/s1. The summed E-state index contributed by atoms with van der Waals surface area (Å²) in [6.45, 7) is 2.82. The summed E-state index contributed by atoms with van der Waals surface area (Å²) in [7, 11) is 0. The van der Waals surface area contributed by atoms with Gasteiger partial charge in [0.15, 0.2) is 6.61 Å². The Morgan fingerprint density at radius 3 is 2.67 bits per heavy atom. The summed E-state index contributed by atoms with van der Waals surface area (Å²) in [4.78, 5) is 15.8. The number of carbonyl (C=O) groups excluding carboxylic acids is 1. The Morgan fingerprint density at radius 2 is 2.00 bits per heavy atom. The molecule has 2 heterocycles. The Morgan fingerprint density at radius 1 is 1.25 bits per heavy atom. The fraction of sp³-hybridized carbons (Fsp3) is 0.389. The number of benzene rings is 1. The molecule has 1 aromatic carbocycles. The maximum absolute atomic E-state index is 12.1. The summed E-state index contributed by atoms with van der Waals surface area (Å²) < 4.78 is 5.49. The first kappa shape index (κ1) is 17.3. The molecule has 1 aliphatic heterocycles. The second-order valence-electron chi connectivity index (χ2n) is 5.82. The smallest absolute Gasteiger partial charge is 0.258 e. The third-order valence-corrected chi connectivity index (χ3v) is 5.35. The predicted molar refractivity (Wildman–Crippen MR) is 97.8 cm³/mol. The molecule has 1 amide bonds. The minimum atomic E-state index is -0.106. The van der Waals surface area contributed by atoms with Crippen molar-refractivity contribution in [2.24, 2.45) is 0 Å². The van der Waals surface area contributed by atoms with Crippen molar-refractivity contribution in [1.29, 1.82) is 0 Å². The number of hydrogen-bond donors (Lipinski definition) is 1. The molecule has 0 saturated carbocycles. The Hall–Kier alpha value is -1.56. The van der Waals surface area contributed by atoms with Crippen molar-refractivity contribution < 1.29 is 9.53 Å². The van der Waals surface area contributed by atoms with Crippen LogP contribution in [0.1, 0.15) is 23.8 Å². The van der Waals surface area contributed by atoms with E-state index < -0.39 is 0 Å². The molecule has 24 heavy (non-hydrogen) atoms. The van der Waals surface area contributed by atoms with E-state index in [2.05, 4.69) is 27.7 Å². The van der Waals surface area contributed by atoms with Crippen molar-refractivity contribution in [2.45, 2.75) is 18.9 Å². The van der Waals surface area contributed by atoms with Crippen molar-refractivity contribution >= 4 is 28.8 Å². The fourth-order valence-corrected chi connectivity index (χ4v) is 3.87. The molecule has 1 saturated heterocycles. The molecule has 0 spiro atoms. The van der Waals surface area contributed by atoms with E-state index in [0.717, 1.165) is 13.1 Å². The molecule has 0 aliphatic carbocycles. The summed E-state index contributed by atoms with van der Waals surface area (Å²) in [6, 6.07) is 11.5. The van der Waals surface area contributed by atoms with Gasteiger partial charge in [-0.25, -0.2) is 0 Å². The maximum Gasteiger partial charge on any atom is 0.258 e. The first-order chi connectivity index (χ1) is 11.7. The lowest BCUT2D eigenvalue weighted by Crippen LogP contribution is -2.38. The van der Waals surface area contributed by atoms with Crippen LogP contribution in [0, 0.1) is 0 Å². The number of carbonyl (C=O) groups is 1. The Bertz CT molecular complexity index is 640. The van der Waals surface area contributed by atoms with Gasteiger partial charge in [-0.3, -0.25) is 9.69 Å². The van der Waals surface area contributed by atoms with E-state index in [1.165, 1.54) is 17.7 Å². The molecule has 1 aliphatic rings. The molecule has 1 N–H and O–H groups in total. The van der Waals surface area contributed by atoms with Gasteiger partial charge in [-0.1, -0.05) is 17.7 Å². The van der Waals surface area contributed by atoms with Crippen LogP contribution in [-0.4, -0.2) is 37.0 Å². The second kappa shape index (κ2) is 8.51. The quantitative estimate of drug-likeness (QED) is 0.813. The van der Waals surface area contributed by atoms with E-state index in [1.807, 2.05) is 0 Å². The van der Waals surface area contributed by atoms with Gasteiger partial charge in [0.1, 0.15) is 5.75 Å². The number of rotatable bonds is 7. The van der Waals surface area contributed by atoms with Crippen LogP contribution < -0.4 is 10.1 Å². The van der Waals surface area contributed by atoms with Gasteiger partial charge in [0.05, 0.1) is 6.04 Å². The zero-order chi connectivity index (χ0) is 16.8. The van der Waals surface area contributed by atoms with Gasteiger partial charge < -0.3 is 10.1 Å². The zero-order valence-corrected chi connectivity index (χ0v) is 15.0. The van der Waals surface area contributed by atoms with Gasteiger partial charge >= 0.3 is 0 Å². The van der Waals surface area contributed by atoms with Gasteiger partial charge in [0.2, 0.25) is 0 Å².